The zero-order valence-corrected chi connectivity index (χ0v) is 18.0. The van der Waals surface area contributed by atoms with E-state index in [1.807, 2.05) is 13.8 Å². The molecule has 0 spiro atoms. The molecule has 1 aromatic rings. The molecule has 0 radical (unpaired) electrons. The Bertz CT molecular complexity index is 722. The molecule has 1 fully saturated rings. The highest BCUT2D eigenvalue weighted by molar-refractivity contribution is 5.93. The Morgan fingerprint density at radius 1 is 1.25 bits per heavy atom. The number of fused-ring (bicyclic) bond motifs is 1. The number of hydrogen-bond donors (Lipinski definition) is 1. The van der Waals surface area contributed by atoms with E-state index in [1.165, 1.54) is 6.42 Å². The van der Waals surface area contributed by atoms with Crippen LogP contribution in [0.25, 0.3) is 0 Å². The third kappa shape index (κ3) is 4.11. The highest BCUT2D eigenvalue weighted by Crippen LogP contribution is 2.47. The van der Waals surface area contributed by atoms with Crippen molar-refractivity contribution in [1.29, 1.82) is 0 Å². The zero-order chi connectivity index (χ0) is 20.5. The summed E-state index contributed by atoms with van der Waals surface area (Å²) in [5.74, 6) is -0.0714. The Hall–Kier alpha value is -1.46. The summed E-state index contributed by atoms with van der Waals surface area (Å²) in [5.41, 5.74) is 3.98. The lowest BCUT2D eigenvalue weighted by atomic mass is 9.70. The standard InChI is InChI=1S/C23H35NO4/c1-6-28-22(26)20-18(15-10-8-7-9-11-15)19-16(24-21(20)14(2)27-5)12-23(3,4)13-17(19)25/h14-15,17,25H,6-13H2,1-5H3/t14?,17-/m0/s1. The minimum absolute atomic E-state index is 0.0255. The van der Waals surface area contributed by atoms with Crippen molar-refractivity contribution in [3.63, 3.8) is 0 Å². The first-order chi connectivity index (χ1) is 13.3. The topological polar surface area (TPSA) is 68.7 Å². The van der Waals surface area contributed by atoms with Gasteiger partial charge in [-0.25, -0.2) is 4.79 Å². The number of carbonyl (C=O) groups excluding carboxylic acids is 1. The monoisotopic (exact) mass is 389 g/mol. The maximum atomic E-state index is 13.1. The fourth-order valence-corrected chi connectivity index (χ4v) is 4.99. The number of aliphatic hydroxyl groups excluding tert-OH is 1. The van der Waals surface area contributed by atoms with Crippen LogP contribution >= 0.6 is 0 Å². The molecule has 1 aromatic heterocycles. The number of esters is 1. The van der Waals surface area contributed by atoms with Crippen molar-refractivity contribution in [1.82, 2.24) is 4.98 Å². The molecular weight excluding hydrogens is 354 g/mol. The van der Waals surface area contributed by atoms with Gasteiger partial charge in [-0.05, 0) is 56.4 Å². The van der Waals surface area contributed by atoms with Crippen LogP contribution in [-0.4, -0.2) is 29.8 Å². The number of carbonyl (C=O) groups is 1. The van der Waals surface area contributed by atoms with Crippen molar-refractivity contribution in [3.05, 3.63) is 28.1 Å². The number of aliphatic hydroxyl groups is 1. The quantitative estimate of drug-likeness (QED) is 0.716. The molecule has 5 nitrogen and oxygen atoms in total. The van der Waals surface area contributed by atoms with Gasteiger partial charge in [-0.2, -0.15) is 0 Å². The van der Waals surface area contributed by atoms with Gasteiger partial charge in [0.1, 0.15) is 0 Å². The van der Waals surface area contributed by atoms with Crippen LogP contribution in [0.1, 0.15) is 117 Å². The molecule has 1 saturated carbocycles. The van der Waals surface area contributed by atoms with Gasteiger partial charge in [-0.1, -0.05) is 33.1 Å². The van der Waals surface area contributed by atoms with Crippen LogP contribution in [0.3, 0.4) is 0 Å². The third-order valence-corrected chi connectivity index (χ3v) is 6.34. The van der Waals surface area contributed by atoms with E-state index in [1.54, 1.807) is 7.11 Å². The molecule has 0 saturated heterocycles. The average molecular weight is 390 g/mol. The van der Waals surface area contributed by atoms with Crippen LogP contribution in [0.15, 0.2) is 0 Å². The van der Waals surface area contributed by atoms with Gasteiger partial charge < -0.3 is 14.6 Å². The van der Waals surface area contributed by atoms with Crippen LogP contribution in [0.2, 0.25) is 0 Å². The summed E-state index contributed by atoms with van der Waals surface area (Å²) in [6.45, 7) is 8.39. The summed E-state index contributed by atoms with van der Waals surface area (Å²) in [6.07, 6.45) is 6.20. The summed E-state index contributed by atoms with van der Waals surface area (Å²) in [6, 6.07) is 0. The van der Waals surface area contributed by atoms with Gasteiger partial charge in [0.25, 0.3) is 0 Å². The van der Waals surface area contributed by atoms with E-state index in [2.05, 4.69) is 13.8 Å². The summed E-state index contributed by atoms with van der Waals surface area (Å²) >= 11 is 0. The molecule has 0 amide bonds. The minimum Gasteiger partial charge on any atom is -0.462 e. The molecule has 0 aromatic carbocycles. The van der Waals surface area contributed by atoms with Crippen molar-refractivity contribution >= 4 is 5.97 Å². The third-order valence-electron chi connectivity index (χ3n) is 6.34. The Morgan fingerprint density at radius 2 is 1.93 bits per heavy atom. The molecule has 0 aliphatic heterocycles. The fraction of sp³-hybridized carbons (Fsp3) is 0.739. The second-order valence-corrected chi connectivity index (χ2v) is 9.14. The molecule has 28 heavy (non-hydrogen) atoms. The number of methoxy groups -OCH3 is 1. The minimum atomic E-state index is -0.594. The molecule has 3 rings (SSSR count). The number of hydrogen-bond acceptors (Lipinski definition) is 5. The molecule has 2 aliphatic rings. The van der Waals surface area contributed by atoms with E-state index >= 15 is 0 Å². The van der Waals surface area contributed by atoms with E-state index < -0.39 is 6.10 Å². The normalized spacial score (nSPS) is 23.1. The maximum Gasteiger partial charge on any atom is 0.340 e. The van der Waals surface area contributed by atoms with Gasteiger partial charge in [-0.15, -0.1) is 0 Å². The molecule has 1 heterocycles. The Morgan fingerprint density at radius 3 is 2.54 bits per heavy atom. The second kappa shape index (κ2) is 8.50. The van der Waals surface area contributed by atoms with Gasteiger partial charge >= 0.3 is 5.97 Å². The van der Waals surface area contributed by atoms with E-state index in [9.17, 15) is 9.90 Å². The summed E-state index contributed by atoms with van der Waals surface area (Å²) < 4.78 is 11.0. The molecular formula is C23H35NO4. The largest absolute Gasteiger partial charge is 0.462 e. The van der Waals surface area contributed by atoms with Crippen molar-refractivity contribution < 1.29 is 19.4 Å². The number of nitrogens with zero attached hydrogens (tertiary/aromatic N) is 1. The predicted octanol–water partition coefficient (Wildman–Crippen LogP) is 5.02. The van der Waals surface area contributed by atoms with Crippen molar-refractivity contribution in [2.24, 2.45) is 5.41 Å². The average Bonchev–Trinajstić information content (AvgIpc) is 2.65. The Kier molecular flexibility index (Phi) is 6.45. The van der Waals surface area contributed by atoms with E-state index in [0.717, 1.165) is 48.9 Å². The van der Waals surface area contributed by atoms with Gasteiger partial charge in [0, 0.05) is 18.4 Å². The highest BCUT2D eigenvalue weighted by Gasteiger charge is 2.39. The molecule has 1 unspecified atom stereocenters. The van der Waals surface area contributed by atoms with Gasteiger partial charge in [0.05, 0.1) is 30.1 Å². The van der Waals surface area contributed by atoms with Crippen molar-refractivity contribution in [2.45, 2.75) is 90.8 Å². The number of pyridine rings is 1. The number of rotatable bonds is 5. The first-order valence-electron chi connectivity index (χ1n) is 10.7. The molecule has 2 atom stereocenters. The predicted molar refractivity (Wildman–Crippen MR) is 109 cm³/mol. The van der Waals surface area contributed by atoms with E-state index in [0.29, 0.717) is 24.3 Å². The van der Waals surface area contributed by atoms with Crippen molar-refractivity contribution in [3.8, 4) is 0 Å². The summed E-state index contributed by atoms with van der Waals surface area (Å²) in [4.78, 5) is 18.0. The van der Waals surface area contributed by atoms with Crippen LogP contribution < -0.4 is 0 Å². The lowest BCUT2D eigenvalue weighted by Gasteiger charge is -2.38. The first kappa shape index (κ1) is 21.3. The SMILES string of the molecule is CCOC(=O)c1c(C(C)OC)nc2c(c1C1CCCCC1)[C@@H](O)CC(C)(C)C2. The molecule has 0 bridgehead atoms. The van der Waals surface area contributed by atoms with E-state index in [-0.39, 0.29) is 23.4 Å². The van der Waals surface area contributed by atoms with Gasteiger partial charge in [-0.3, -0.25) is 4.98 Å². The summed E-state index contributed by atoms with van der Waals surface area (Å²) in [5, 5.41) is 11.1. The van der Waals surface area contributed by atoms with Crippen LogP contribution in [0.4, 0.5) is 0 Å². The first-order valence-corrected chi connectivity index (χ1v) is 10.7. The van der Waals surface area contributed by atoms with Crippen LogP contribution in [0.5, 0.6) is 0 Å². The zero-order valence-electron chi connectivity index (χ0n) is 18.0. The fourth-order valence-electron chi connectivity index (χ4n) is 4.99. The van der Waals surface area contributed by atoms with Crippen LogP contribution in [0, 0.1) is 5.41 Å². The van der Waals surface area contributed by atoms with E-state index in [4.69, 9.17) is 14.5 Å². The molecule has 2 aliphatic carbocycles. The highest BCUT2D eigenvalue weighted by atomic mass is 16.5. The lowest BCUT2D eigenvalue weighted by molar-refractivity contribution is 0.0507. The van der Waals surface area contributed by atoms with Crippen LogP contribution in [-0.2, 0) is 15.9 Å². The maximum absolute atomic E-state index is 13.1. The van der Waals surface area contributed by atoms with Gasteiger partial charge in [0.15, 0.2) is 0 Å². The number of aromatic nitrogens is 1. The number of ether oxygens (including phenoxy) is 2. The molecule has 156 valence electrons. The van der Waals surface area contributed by atoms with Crippen molar-refractivity contribution in [2.75, 3.05) is 13.7 Å². The second-order valence-electron chi connectivity index (χ2n) is 9.14. The molecule has 1 N–H and O–H groups in total. The Balaban J connectivity index is 2.28. The smallest absolute Gasteiger partial charge is 0.340 e. The van der Waals surface area contributed by atoms with Gasteiger partial charge in [0.2, 0.25) is 0 Å². The summed E-state index contributed by atoms with van der Waals surface area (Å²) in [7, 11) is 1.64. The Labute approximate surface area is 168 Å². The lowest BCUT2D eigenvalue weighted by Crippen LogP contribution is -2.31. The molecule has 5 heteroatoms.